The summed E-state index contributed by atoms with van der Waals surface area (Å²) in [7, 11) is 0. The predicted molar refractivity (Wildman–Crippen MR) is 108 cm³/mol. The van der Waals surface area contributed by atoms with E-state index in [-0.39, 0.29) is 5.91 Å². The maximum atomic E-state index is 12.1. The summed E-state index contributed by atoms with van der Waals surface area (Å²) >= 11 is 1.75. The SMILES string of the molecule is O=C(C[NH+]1CC[NH+](C/C=C/c2ccccc2)CC1)NCCc1cccs1. The van der Waals surface area contributed by atoms with Crippen LogP contribution in [0, 0.1) is 0 Å². The van der Waals surface area contributed by atoms with Gasteiger partial charge in [0.05, 0.1) is 6.54 Å². The molecule has 2 heterocycles. The minimum atomic E-state index is 0.184. The molecule has 1 aliphatic heterocycles. The van der Waals surface area contributed by atoms with Gasteiger partial charge in [-0.15, -0.1) is 11.3 Å². The number of hydrogen-bond donors (Lipinski definition) is 3. The highest BCUT2D eigenvalue weighted by Gasteiger charge is 2.23. The minimum absolute atomic E-state index is 0.184. The maximum Gasteiger partial charge on any atom is 0.275 e. The third kappa shape index (κ3) is 6.41. The van der Waals surface area contributed by atoms with E-state index in [1.165, 1.54) is 15.3 Å². The number of rotatable bonds is 8. The molecular weight excluding hydrogens is 342 g/mol. The molecule has 1 fully saturated rings. The molecule has 3 N–H and O–H groups in total. The highest BCUT2D eigenvalue weighted by Crippen LogP contribution is 2.07. The normalized spacial score (nSPS) is 20.3. The predicted octanol–water partition coefficient (Wildman–Crippen LogP) is -0.0964. The van der Waals surface area contributed by atoms with E-state index in [9.17, 15) is 4.79 Å². The number of thiophene rings is 1. The zero-order valence-corrected chi connectivity index (χ0v) is 16.1. The van der Waals surface area contributed by atoms with Gasteiger partial charge in [-0.25, -0.2) is 0 Å². The summed E-state index contributed by atoms with van der Waals surface area (Å²) in [6.07, 6.45) is 5.41. The van der Waals surface area contributed by atoms with E-state index in [1.807, 2.05) is 6.07 Å². The van der Waals surface area contributed by atoms with Crippen molar-refractivity contribution in [1.29, 1.82) is 0 Å². The van der Waals surface area contributed by atoms with Gasteiger partial charge in [0.1, 0.15) is 26.2 Å². The van der Waals surface area contributed by atoms with Crippen LogP contribution in [0.5, 0.6) is 0 Å². The average molecular weight is 372 g/mol. The number of benzene rings is 1. The molecule has 4 nitrogen and oxygen atoms in total. The molecule has 1 aliphatic rings. The van der Waals surface area contributed by atoms with Crippen LogP contribution in [-0.2, 0) is 11.2 Å². The highest BCUT2D eigenvalue weighted by molar-refractivity contribution is 7.09. The third-order valence-corrected chi connectivity index (χ3v) is 5.80. The van der Waals surface area contributed by atoms with Crippen LogP contribution in [0.1, 0.15) is 10.4 Å². The molecule has 3 rings (SSSR count). The number of carbonyl (C=O) groups is 1. The van der Waals surface area contributed by atoms with Crippen molar-refractivity contribution >= 4 is 23.3 Å². The Labute approximate surface area is 160 Å². The molecule has 1 amide bonds. The van der Waals surface area contributed by atoms with Crippen molar-refractivity contribution in [1.82, 2.24) is 5.32 Å². The molecule has 138 valence electrons. The topological polar surface area (TPSA) is 38.0 Å². The van der Waals surface area contributed by atoms with Gasteiger partial charge in [0, 0.05) is 11.4 Å². The Morgan fingerprint density at radius 2 is 1.81 bits per heavy atom. The van der Waals surface area contributed by atoms with Crippen LogP contribution in [0.3, 0.4) is 0 Å². The lowest BCUT2D eigenvalue weighted by molar-refractivity contribution is -1.01. The van der Waals surface area contributed by atoms with Gasteiger partial charge >= 0.3 is 0 Å². The van der Waals surface area contributed by atoms with Crippen LogP contribution in [0.25, 0.3) is 6.08 Å². The summed E-state index contributed by atoms with van der Waals surface area (Å²) in [4.78, 5) is 16.5. The van der Waals surface area contributed by atoms with Gasteiger partial charge in [0.25, 0.3) is 5.91 Å². The second-order valence-corrected chi connectivity index (χ2v) is 7.91. The van der Waals surface area contributed by atoms with Crippen molar-refractivity contribution in [3.63, 3.8) is 0 Å². The Kier molecular flexibility index (Phi) is 7.43. The molecule has 5 heteroatoms. The molecule has 1 aromatic carbocycles. The molecule has 2 aromatic rings. The molecule has 1 saturated heterocycles. The Hall–Kier alpha value is -1.95. The van der Waals surface area contributed by atoms with Crippen molar-refractivity contribution in [3.05, 3.63) is 64.4 Å². The molecule has 0 unspecified atom stereocenters. The monoisotopic (exact) mass is 371 g/mol. The number of nitrogens with one attached hydrogen (secondary N) is 3. The van der Waals surface area contributed by atoms with Crippen LogP contribution in [0.2, 0.25) is 0 Å². The molecule has 0 spiro atoms. The number of carbonyl (C=O) groups excluding carboxylic acids is 1. The van der Waals surface area contributed by atoms with E-state index < -0.39 is 0 Å². The lowest BCUT2D eigenvalue weighted by atomic mass is 10.2. The molecule has 26 heavy (non-hydrogen) atoms. The molecule has 0 saturated carbocycles. The molecular formula is C21H29N3OS+2. The van der Waals surface area contributed by atoms with Crippen molar-refractivity contribution in [2.45, 2.75) is 6.42 Å². The van der Waals surface area contributed by atoms with Gasteiger partial charge in [0.2, 0.25) is 0 Å². The lowest BCUT2D eigenvalue weighted by Gasteiger charge is -2.28. The third-order valence-electron chi connectivity index (χ3n) is 4.86. The standard InChI is InChI=1S/C21H27N3OS/c25-21(22-11-10-20-9-5-17-26-20)18-24-15-13-23(14-16-24)12-4-8-19-6-2-1-3-7-19/h1-9,17H,10-16,18H2,(H,22,25)/p+2/b8-4+. The fraction of sp³-hybridized carbons (Fsp3) is 0.381. The molecule has 0 aliphatic carbocycles. The summed E-state index contributed by atoms with van der Waals surface area (Å²) < 4.78 is 0. The van der Waals surface area contributed by atoms with Crippen molar-refractivity contribution in [2.75, 3.05) is 45.8 Å². The number of quaternary nitrogens is 2. The maximum absolute atomic E-state index is 12.1. The Balaban J connectivity index is 1.29. The Morgan fingerprint density at radius 3 is 2.54 bits per heavy atom. The van der Waals surface area contributed by atoms with E-state index in [2.05, 4.69) is 59.2 Å². The molecule has 0 radical (unpaired) electrons. The first-order chi connectivity index (χ1) is 12.8. The zero-order valence-electron chi connectivity index (χ0n) is 15.2. The van der Waals surface area contributed by atoms with E-state index >= 15 is 0 Å². The summed E-state index contributed by atoms with van der Waals surface area (Å²) in [5, 5.41) is 5.14. The average Bonchev–Trinajstić information content (AvgIpc) is 3.18. The van der Waals surface area contributed by atoms with Crippen LogP contribution < -0.4 is 15.1 Å². The van der Waals surface area contributed by atoms with Gasteiger partial charge in [-0.05, 0) is 29.5 Å². The van der Waals surface area contributed by atoms with Crippen LogP contribution in [-0.4, -0.2) is 51.7 Å². The second-order valence-electron chi connectivity index (χ2n) is 6.87. The summed E-state index contributed by atoms with van der Waals surface area (Å²) in [6.45, 7) is 6.84. The van der Waals surface area contributed by atoms with E-state index in [0.717, 1.165) is 45.7 Å². The van der Waals surface area contributed by atoms with E-state index in [4.69, 9.17) is 0 Å². The van der Waals surface area contributed by atoms with E-state index in [0.29, 0.717) is 6.54 Å². The van der Waals surface area contributed by atoms with Gasteiger partial charge in [-0.3, -0.25) is 4.79 Å². The zero-order chi connectivity index (χ0) is 18.0. The van der Waals surface area contributed by atoms with Gasteiger partial charge in [0.15, 0.2) is 6.54 Å². The molecule has 0 bridgehead atoms. The quantitative estimate of drug-likeness (QED) is 0.596. The van der Waals surface area contributed by atoms with Gasteiger partial charge in [-0.2, -0.15) is 0 Å². The van der Waals surface area contributed by atoms with Crippen LogP contribution in [0.4, 0.5) is 0 Å². The smallest absolute Gasteiger partial charge is 0.275 e. The van der Waals surface area contributed by atoms with E-state index in [1.54, 1.807) is 16.2 Å². The van der Waals surface area contributed by atoms with Crippen molar-refractivity contribution in [2.24, 2.45) is 0 Å². The summed E-state index contributed by atoms with van der Waals surface area (Å²) in [5.74, 6) is 0.184. The van der Waals surface area contributed by atoms with Gasteiger partial charge < -0.3 is 15.1 Å². The first kappa shape index (κ1) is 18.8. The highest BCUT2D eigenvalue weighted by atomic mass is 32.1. The van der Waals surface area contributed by atoms with Gasteiger partial charge in [-0.1, -0.05) is 42.5 Å². The van der Waals surface area contributed by atoms with Crippen molar-refractivity contribution in [3.8, 4) is 0 Å². The lowest BCUT2D eigenvalue weighted by Crippen LogP contribution is -3.28. The minimum Gasteiger partial charge on any atom is -0.351 e. The molecule has 0 atom stereocenters. The number of piperazine rings is 1. The summed E-state index contributed by atoms with van der Waals surface area (Å²) in [6, 6.07) is 14.6. The van der Waals surface area contributed by atoms with Crippen LogP contribution in [0.15, 0.2) is 53.9 Å². The Bertz CT molecular complexity index is 677. The van der Waals surface area contributed by atoms with Crippen LogP contribution >= 0.6 is 11.3 Å². The van der Waals surface area contributed by atoms with Crippen molar-refractivity contribution < 1.29 is 14.6 Å². The fourth-order valence-corrected chi connectivity index (χ4v) is 4.04. The Morgan fingerprint density at radius 1 is 1.04 bits per heavy atom. The number of amides is 1. The second kappa shape index (κ2) is 10.3. The fourth-order valence-electron chi connectivity index (χ4n) is 3.33. The summed E-state index contributed by atoms with van der Waals surface area (Å²) in [5.41, 5.74) is 1.26. The first-order valence-corrected chi connectivity index (χ1v) is 10.4. The largest absolute Gasteiger partial charge is 0.351 e. The first-order valence-electron chi connectivity index (χ1n) is 9.47. The number of hydrogen-bond acceptors (Lipinski definition) is 2. The molecule has 1 aromatic heterocycles.